The van der Waals surface area contributed by atoms with Crippen LogP contribution in [0.1, 0.15) is 0 Å². The first kappa shape index (κ1) is 12.9. The summed E-state index contributed by atoms with van der Waals surface area (Å²) in [5.74, 6) is 1.09. The SMILES string of the molecule is CSc1nnc(-c2cnn(-c3ncccc3Cl)c2N)o1. The summed E-state index contributed by atoms with van der Waals surface area (Å²) in [5.41, 5.74) is 6.60. The van der Waals surface area contributed by atoms with Crippen molar-refractivity contribution in [2.24, 2.45) is 0 Å². The van der Waals surface area contributed by atoms with Crippen LogP contribution in [0.5, 0.6) is 0 Å². The number of hydrogen-bond donors (Lipinski definition) is 1. The van der Waals surface area contributed by atoms with Crippen LogP contribution < -0.4 is 5.73 Å². The molecule has 3 heterocycles. The van der Waals surface area contributed by atoms with E-state index in [2.05, 4.69) is 20.3 Å². The van der Waals surface area contributed by atoms with Crippen molar-refractivity contribution in [1.82, 2.24) is 25.0 Å². The maximum absolute atomic E-state index is 6.08. The van der Waals surface area contributed by atoms with Gasteiger partial charge in [-0.05, 0) is 18.4 Å². The molecule has 0 aliphatic heterocycles. The van der Waals surface area contributed by atoms with Crippen LogP contribution in [0.2, 0.25) is 5.02 Å². The molecule has 3 aromatic rings. The van der Waals surface area contributed by atoms with Crippen LogP contribution in [-0.4, -0.2) is 31.2 Å². The van der Waals surface area contributed by atoms with Crippen LogP contribution in [-0.2, 0) is 0 Å². The molecule has 0 fully saturated rings. The fourth-order valence-corrected chi connectivity index (χ4v) is 2.11. The fraction of sp³-hybridized carbons (Fsp3) is 0.0909. The largest absolute Gasteiger partial charge is 0.411 e. The van der Waals surface area contributed by atoms with Crippen molar-refractivity contribution >= 4 is 29.2 Å². The van der Waals surface area contributed by atoms with E-state index in [4.69, 9.17) is 21.8 Å². The topological polar surface area (TPSA) is 95.7 Å². The molecule has 20 heavy (non-hydrogen) atoms. The molecule has 0 aliphatic rings. The summed E-state index contributed by atoms with van der Waals surface area (Å²) in [5, 5.41) is 12.9. The molecule has 9 heteroatoms. The predicted octanol–water partition coefficient (Wildman–Crippen LogP) is 2.27. The van der Waals surface area contributed by atoms with E-state index in [0.717, 1.165) is 0 Å². The smallest absolute Gasteiger partial charge is 0.276 e. The first-order chi connectivity index (χ1) is 9.70. The molecule has 0 saturated carbocycles. The Labute approximate surface area is 123 Å². The van der Waals surface area contributed by atoms with Gasteiger partial charge < -0.3 is 10.2 Å². The van der Waals surface area contributed by atoms with Crippen LogP contribution >= 0.6 is 23.4 Å². The zero-order valence-electron chi connectivity index (χ0n) is 10.3. The number of hydrogen-bond acceptors (Lipinski definition) is 7. The van der Waals surface area contributed by atoms with E-state index in [-0.39, 0.29) is 0 Å². The highest BCUT2D eigenvalue weighted by Crippen LogP contribution is 2.29. The van der Waals surface area contributed by atoms with Crippen molar-refractivity contribution in [2.45, 2.75) is 5.22 Å². The molecule has 0 saturated heterocycles. The third kappa shape index (κ3) is 2.12. The van der Waals surface area contributed by atoms with E-state index in [1.54, 1.807) is 18.3 Å². The average Bonchev–Trinajstić information content (AvgIpc) is 3.06. The molecule has 3 aromatic heterocycles. The van der Waals surface area contributed by atoms with Gasteiger partial charge in [0, 0.05) is 6.20 Å². The number of anilines is 1. The maximum atomic E-state index is 6.08. The Kier molecular flexibility index (Phi) is 3.33. The Morgan fingerprint density at radius 2 is 2.25 bits per heavy atom. The minimum absolute atomic E-state index is 0.310. The predicted molar refractivity (Wildman–Crippen MR) is 75.9 cm³/mol. The molecule has 0 unspecified atom stereocenters. The highest BCUT2D eigenvalue weighted by Gasteiger charge is 2.18. The molecular weight excluding hydrogens is 300 g/mol. The number of pyridine rings is 1. The van der Waals surface area contributed by atoms with Crippen LogP contribution in [0.15, 0.2) is 34.2 Å². The Morgan fingerprint density at radius 1 is 1.40 bits per heavy atom. The number of nitrogens with zero attached hydrogens (tertiary/aromatic N) is 5. The Bertz CT molecular complexity index is 755. The number of halogens is 1. The summed E-state index contributed by atoms with van der Waals surface area (Å²) in [6, 6.07) is 3.44. The van der Waals surface area contributed by atoms with Gasteiger partial charge >= 0.3 is 0 Å². The Morgan fingerprint density at radius 3 is 2.95 bits per heavy atom. The molecule has 0 atom stereocenters. The maximum Gasteiger partial charge on any atom is 0.276 e. The molecule has 0 radical (unpaired) electrons. The van der Waals surface area contributed by atoms with Crippen molar-refractivity contribution in [2.75, 3.05) is 12.0 Å². The van der Waals surface area contributed by atoms with Gasteiger partial charge in [0.15, 0.2) is 5.82 Å². The quantitative estimate of drug-likeness (QED) is 0.741. The normalized spacial score (nSPS) is 10.9. The van der Waals surface area contributed by atoms with E-state index in [0.29, 0.717) is 33.3 Å². The molecule has 102 valence electrons. The number of thioether (sulfide) groups is 1. The fourth-order valence-electron chi connectivity index (χ4n) is 1.63. The number of nitrogens with two attached hydrogens (primary N) is 1. The van der Waals surface area contributed by atoms with Gasteiger partial charge in [0.1, 0.15) is 11.4 Å². The first-order valence-electron chi connectivity index (χ1n) is 5.53. The minimum Gasteiger partial charge on any atom is -0.411 e. The van der Waals surface area contributed by atoms with Gasteiger partial charge in [0.25, 0.3) is 11.1 Å². The van der Waals surface area contributed by atoms with E-state index in [1.165, 1.54) is 22.6 Å². The van der Waals surface area contributed by atoms with Gasteiger partial charge in [-0.2, -0.15) is 9.78 Å². The second-order valence-electron chi connectivity index (χ2n) is 3.74. The number of rotatable bonds is 3. The zero-order valence-corrected chi connectivity index (χ0v) is 11.9. The summed E-state index contributed by atoms with van der Waals surface area (Å²) in [6.07, 6.45) is 5.00. The third-order valence-corrected chi connectivity index (χ3v) is 3.37. The van der Waals surface area contributed by atoms with E-state index >= 15 is 0 Å². The van der Waals surface area contributed by atoms with Gasteiger partial charge in [-0.1, -0.05) is 23.4 Å². The summed E-state index contributed by atoms with van der Waals surface area (Å²) < 4.78 is 6.86. The van der Waals surface area contributed by atoms with Gasteiger partial charge in [-0.3, -0.25) is 0 Å². The summed E-state index contributed by atoms with van der Waals surface area (Å²) in [4.78, 5) is 4.16. The lowest BCUT2D eigenvalue weighted by molar-refractivity contribution is 0.466. The number of nitrogen functional groups attached to an aromatic ring is 1. The lowest BCUT2D eigenvalue weighted by Gasteiger charge is -2.04. The van der Waals surface area contributed by atoms with Crippen LogP contribution in [0.25, 0.3) is 17.3 Å². The van der Waals surface area contributed by atoms with Crippen molar-refractivity contribution in [1.29, 1.82) is 0 Å². The van der Waals surface area contributed by atoms with E-state index in [9.17, 15) is 0 Å². The highest BCUT2D eigenvalue weighted by atomic mass is 35.5. The molecule has 7 nitrogen and oxygen atoms in total. The molecular formula is C11H9ClN6OS. The van der Waals surface area contributed by atoms with Gasteiger partial charge in [0.2, 0.25) is 0 Å². The van der Waals surface area contributed by atoms with Crippen molar-refractivity contribution in [3.63, 3.8) is 0 Å². The van der Waals surface area contributed by atoms with Crippen LogP contribution in [0, 0.1) is 0 Å². The summed E-state index contributed by atoms with van der Waals surface area (Å²) in [6.45, 7) is 0. The van der Waals surface area contributed by atoms with Gasteiger partial charge in [0.05, 0.1) is 11.2 Å². The second kappa shape index (κ2) is 5.14. The summed E-state index contributed by atoms with van der Waals surface area (Å²) >= 11 is 7.43. The highest BCUT2D eigenvalue weighted by molar-refractivity contribution is 7.98. The molecule has 0 bridgehead atoms. The number of aromatic nitrogens is 5. The zero-order chi connectivity index (χ0) is 14.1. The molecule has 0 amide bonds. The molecule has 2 N–H and O–H groups in total. The third-order valence-electron chi connectivity index (χ3n) is 2.56. The van der Waals surface area contributed by atoms with Crippen molar-refractivity contribution in [3.8, 4) is 17.3 Å². The van der Waals surface area contributed by atoms with Crippen molar-refractivity contribution in [3.05, 3.63) is 29.5 Å². The van der Waals surface area contributed by atoms with Crippen molar-refractivity contribution < 1.29 is 4.42 Å². The first-order valence-corrected chi connectivity index (χ1v) is 7.13. The standard InChI is InChI=1S/C11H9ClN6OS/c1-20-11-17-16-10(19-11)6-5-15-18(8(6)13)9-7(12)3-2-4-14-9/h2-5H,13H2,1H3. The van der Waals surface area contributed by atoms with Gasteiger partial charge in [-0.25, -0.2) is 4.98 Å². The van der Waals surface area contributed by atoms with Crippen LogP contribution in [0.3, 0.4) is 0 Å². The van der Waals surface area contributed by atoms with Crippen LogP contribution in [0.4, 0.5) is 5.82 Å². The monoisotopic (exact) mass is 308 g/mol. The lowest BCUT2D eigenvalue weighted by atomic mass is 10.3. The molecule has 3 rings (SSSR count). The lowest BCUT2D eigenvalue weighted by Crippen LogP contribution is -2.04. The average molecular weight is 309 g/mol. The van der Waals surface area contributed by atoms with E-state index in [1.807, 2.05) is 6.26 Å². The van der Waals surface area contributed by atoms with Gasteiger partial charge in [-0.15, -0.1) is 10.2 Å². The Hall–Kier alpha value is -2.06. The minimum atomic E-state index is 0.310. The second-order valence-corrected chi connectivity index (χ2v) is 4.91. The molecule has 0 spiro atoms. The molecule has 0 aliphatic carbocycles. The Balaban J connectivity index is 2.07. The van der Waals surface area contributed by atoms with E-state index < -0.39 is 0 Å². The molecule has 0 aromatic carbocycles. The summed E-state index contributed by atoms with van der Waals surface area (Å²) in [7, 11) is 0.